The van der Waals surface area contributed by atoms with E-state index in [9.17, 15) is 0 Å². The van der Waals surface area contributed by atoms with E-state index in [-0.39, 0.29) is 6.04 Å². The maximum absolute atomic E-state index is 5.91. The fourth-order valence-electron chi connectivity index (χ4n) is 1.37. The van der Waals surface area contributed by atoms with Gasteiger partial charge in [0, 0.05) is 11.1 Å². The molecule has 0 unspecified atom stereocenters. The average Bonchev–Trinajstić information content (AvgIpc) is 2.70. The summed E-state index contributed by atoms with van der Waals surface area (Å²) >= 11 is 5.91. The van der Waals surface area contributed by atoms with Crippen molar-refractivity contribution in [3.63, 3.8) is 0 Å². The van der Waals surface area contributed by atoms with E-state index in [0.717, 1.165) is 11.3 Å². The maximum Gasteiger partial charge on any atom is 0.143 e. The van der Waals surface area contributed by atoms with Gasteiger partial charge in [0.25, 0.3) is 0 Å². The lowest BCUT2D eigenvalue weighted by molar-refractivity contribution is 0.751. The first-order chi connectivity index (χ1) is 7.18. The van der Waals surface area contributed by atoms with Crippen LogP contribution in [0.2, 0.25) is 5.02 Å². The fraction of sp³-hybridized carbons (Fsp3) is 0.222. The molecule has 2 N–H and O–H groups in total. The molecule has 1 atom stereocenters. The molecule has 1 aromatic carbocycles. The third kappa shape index (κ3) is 1.98. The summed E-state index contributed by atoms with van der Waals surface area (Å²) in [5.74, 6) is 0. The van der Waals surface area contributed by atoms with E-state index >= 15 is 0 Å². The largest absolute Gasteiger partial charge is 0.324 e. The number of rotatable bonds is 2. The Labute approximate surface area is 91.8 Å². The SMILES string of the molecule is C[C@@H](N)c1cc(Cl)ccc1-n1cnnn1. The quantitative estimate of drug-likeness (QED) is 0.834. The standard InChI is InChI=1S/C9H10ClN5/c1-6(11)8-4-7(10)2-3-9(8)15-5-12-13-14-15/h2-6H,11H2,1H3/t6-/m1/s1. The van der Waals surface area contributed by atoms with Gasteiger partial charge in [0.15, 0.2) is 0 Å². The van der Waals surface area contributed by atoms with E-state index < -0.39 is 0 Å². The van der Waals surface area contributed by atoms with Crippen molar-refractivity contribution in [2.24, 2.45) is 5.73 Å². The van der Waals surface area contributed by atoms with E-state index in [4.69, 9.17) is 17.3 Å². The lowest BCUT2D eigenvalue weighted by Gasteiger charge is -2.11. The zero-order chi connectivity index (χ0) is 10.8. The Morgan fingerprint density at radius 2 is 2.27 bits per heavy atom. The summed E-state index contributed by atoms with van der Waals surface area (Å²) in [6.07, 6.45) is 1.52. The first kappa shape index (κ1) is 10.1. The van der Waals surface area contributed by atoms with Gasteiger partial charge in [-0.3, -0.25) is 0 Å². The Balaban J connectivity index is 2.56. The minimum absolute atomic E-state index is 0.122. The van der Waals surface area contributed by atoms with Gasteiger partial charge in [-0.05, 0) is 41.1 Å². The summed E-state index contributed by atoms with van der Waals surface area (Å²) < 4.78 is 1.56. The molecule has 2 rings (SSSR count). The minimum atomic E-state index is -0.122. The third-order valence-corrected chi connectivity index (χ3v) is 2.31. The Bertz CT molecular complexity index is 452. The van der Waals surface area contributed by atoms with E-state index in [2.05, 4.69) is 15.5 Å². The van der Waals surface area contributed by atoms with Crippen molar-refractivity contribution >= 4 is 11.6 Å². The molecule has 1 aromatic heterocycles. The average molecular weight is 224 g/mol. The van der Waals surface area contributed by atoms with Crippen LogP contribution in [0.3, 0.4) is 0 Å². The molecule has 0 aliphatic heterocycles. The molecule has 5 nitrogen and oxygen atoms in total. The van der Waals surface area contributed by atoms with E-state index in [1.807, 2.05) is 19.1 Å². The van der Waals surface area contributed by atoms with Crippen LogP contribution in [0.15, 0.2) is 24.5 Å². The van der Waals surface area contributed by atoms with E-state index in [1.165, 1.54) is 6.33 Å². The number of hydrogen-bond donors (Lipinski definition) is 1. The molecule has 0 radical (unpaired) electrons. The van der Waals surface area contributed by atoms with Gasteiger partial charge in [-0.1, -0.05) is 11.6 Å². The predicted molar refractivity (Wildman–Crippen MR) is 56.8 cm³/mol. The first-order valence-corrected chi connectivity index (χ1v) is 4.84. The monoisotopic (exact) mass is 223 g/mol. The summed E-state index contributed by atoms with van der Waals surface area (Å²) in [5.41, 5.74) is 7.61. The number of tetrazole rings is 1. The molecule has 0 saturated heterocycles. The summed E-state index contributed by atoms with van der Waals surface area (Å²) in [6.45, 7) is 1.89. The van der Waals surface area contributed by atoms with Crippen molar-refractivity contribution in [2.45, 2.75) is 13.0 Å². The Morgan fingerprint density at radius 1 is 1.47 bits per heavy atom. The van der Waals surface area contributed by atoms with Crippen molar-refractivity contribution < 1.29 is 0 Å². The van der Waals surface area contributed by atoms with Crippen LogP contribution in [0.5, 0.6) is 0 Å². The van der Waals surface area contributed by atoms with Crippen molar-refractivity contribution in [1.82, 2.24) is 20.2 Å². The van der Waals surface area contributed by atoms with Gasteiger partial charge in [-0.25, -0.2) is 4.68 Å². The van der Waals surface area contributed by atoms with Gasteiger partial charge < -0.3 is 5.73 Å². The first-order valence-electron chi connectivity index (χ1n) is 4.47. The fourth-order valence-corrected chi connectivity index (χ4v) is 1.55. The molecule has 1 heterocycles. The highest BCUT2D eigenvalue weighted by Gasteiger charge is 2.10. The predicted octanol–water partition coefficient (Wildman–Crippen LogP) is 1.34. The highest BCUT2D eigenvalue weighted by molar-refractivity contribution is 6.30. The molecule has 0 spiro atoms. The van der Waals surface area contributed by atoms with Crippen LogP contribution in [-0.2, 0) is 0 Å². The number of halogens is 1. The maximum atomic E-state index is 5.91. The zero-order valence-electron chi connectivity index (χ0n) is 8.13. The van der Waals surface area contributed by atoms with E-state index in [0.29, 0.717) is 5.02 Å². The van der Waals surface area contributed by atoms with Gasteiger partial charge in [-0.2, -0.15) is 0 Å². The summed E-state index contributed by atoms with van der Waals surface area (Å²) in [4.78, 5) is 0. The summed E-state index contributed by atoms with van der Waals surface area (Å²) in [6, 6.07) is 5.33. The molecule has 6 heteroatoms. The van der Waals surface area contributed by atoms with Crippen LogP contribution in [0.4, 0.5) is 0 Å². The molecule has 0 bridgehead atoms. The molecule has 0 aliphatic carbocycles. The molecule has 0 fully saturated rings. The molecule has 0 aliphatic rings. The van der Waals surface area contributed by atoms with Crippen LogP contribution >= 0.6 is 11.6 Å². The summed E-state index contributed by atoms with van der Waals surface area (Å²) in [7, 11) is 0. The molecular formula is C9H10ClN5. The highest BCUT2D eigenvalue weighted by atomic mass is 35.5. The van der Waals surface area contributed by atoms with E-state index in [1.54, 1.807) is 10.7 Å². The van der Waals surface area contributed by atoms with Crippen molar-refractivity contribution in [1.29, 1.82) is 0 Å². The molecular weight excluding hydrogens is 214 g/mol. The number of hydrogen-bond acceptors (Lipinski definition) is 4. The molecule has 78 valence electrons. The lowest BCUT2D eigenvalue weighted by Crippen LogP contribution is -2.10. The molecule has 0 amide bonds. The van der Waals surface area contributed by atoms with Gasteiger partial charge in [-0.15, -0.1) is 5.10 Å². The Hall–Kier alpha value is -1.46. The highest BCUT2D eigenvalue weighted by Crippen LogP contribution is 2.23. The van der Waals surface area contributed by atoms with Gasteiger partial charge in [0.1, 0.15) is 6.33 Å². The number of aromatic nitrogens is 4. The zero-order valence-corrected chi connectivity index (χ0v) is 8.89. The smallest absolute Gasteiger partial charge is 0.143 e. The van der Waals surface area contributed by atoms with Crippen LogP contribution in [-0.4, -0.2) is 20.2 Å². The Morgan fingerprint density at radius 3 is 2.87 bits per heavy atom. The van der Waals surface area contributed by atoms with Crippen molar-refractivity contribution in [2.75, 3.05) is 0 Å². The number of nitrogens with two attached hydrogens (primary N) is 1. The molecule has 2 aromatic rings. The van der Waals surface area contributed by atoms with Crippen molar-refractivity contribution in [3.8, 4) is 5.69 Å². The van der Waals surface area contributed by atoms with Gasteiger partial charge in [0.05, 0.1) is 5.69 Å². The third-order valence-electron chi connectivity index (χ3n) is 2.08. The molecule has 0 saturated carbocycles. The van der Waals surface area contributed by atoms with Crippen LogP contribution < -0.4 is 5.73 Å². The van der Waals surface area contributed by atoms with Crippen molar-refractivity contribution in [3.05, 3.63) is 35.1 Å². The number of nitrogens with zero attached hydrogens (tertiary/aromatic N) is 4. The number of benzene rings is 1. The second kappa shape index (κ2) is 3.96. The van der Waals surface area contributed by atoms with Crippen LogP contribution in [0, 0.1) is 0 Å². The topological polar surface area (TPSA) is 69.6 Å². The minimum Gasteiger partial charge on any atom is -0.324 e. The van der Waals surface area contributed by atoms with Crippen LogP contribution in [0.1, 0.15) is 18.5 Å². The second-order valence-electron chi connectivity index (χ2n) is 3.25. The van der Waals surface area contributed by atoms with Crippen LogP contribution in [0.25, 0.3) is 5.69 Å². The normalized spacial score (nSPS) is 12.7. The lowest BCUT2D eigenvalue weighted by atomic mass is 10.1. The Kier molecular flexibility index (Phi) is 2.66. The molecule has 15 heavy (non-hydrogen) atoms. The second-order valence-corrected chi connectivity index (χ2v) is 3.68. The van der Waals surface area contributed by atoms with Gasteiger partial charge in [0.2, 0.25) is 0 Å². The summed E-state index contributed by atoms with van der Waals surface area (Å²) in [5, 5.41) is 11.6. The van der Waals surface area contributed by atoms with Gasteiger partial charge >= 0.3 is 0 Å².